The van der Waals surface area contributed by atoms with Crippen LogP contribution < -0.4 is 11.1 Å². The number of fused-ring (bicyclic) bond motifs is 1. The zero-order chi connectivity index (χ0) is 25.0. The second-order valence-corrected chi connectivity index (χ2v) is 10.3. The molecule has 1 saturated heterocycles. The van der Waals surface area contributed by atoms with Gasteiger partial charge in [-0.1, -0.05) is 23.7 Å². The minimum atomic E-state index is -4.27. The van der Waals surface area contributed by atoms with Crippen LogP contribution in [0.25, 0.3) is 10.8 Å². The quantitative estimate of drug-likeness (QED) is 0.451. The molecule has 1 aliphatic heterocycles. The Morgan fingerprint density at radius 1 is 1.26 bits per heavy atom. The molecule has 10 nitrogen and oxygen atoms in total. The van der Waals surface area contributed by atoms with Crippen molar-refractivity contribution in [3.05, 3.63) is 41.4 Å². The van der Waals surface area contributed by atoms with Crippen LogP contribution >= 0.6 is 11.6 Å². The summed E-state index contributed by atoms with van der Waals surface area (Å²) in [5.74, 6) is -1.84. The maximum atomic E-state index is 13.5. The molecular weight excluding hydrogens is 484 g/mol. The Labute approximate surface area is 203 Å². The number of halogens is 1. The minimum Gasteiger partial charge on any atom is -0.383 e. The standard InChI is InChI=1S/C22H27ClN4O6S/c1-14(21(29)25-8-10-33-2)26-9-7-19(22(26)30)27(13-20(24)28)34(31,32)18-6-4-15-11-17(23)5-3-16(15)12-18/h3-6,11-12,14,19H,7-10,13H2,1-2H3,(H2,24,28)(H,25,29)/t14-,19-/m0/s1. The molecule has 1 heterocycles. The third-order valence-electron chi connectivity index (χ3n) is 5.70. The van der Waals surface area contributed by atoms with Crippen molar-refractivity contribution in [2.75, 3.05) is 33.4 Å². The molecule has 0 radical (unpaired) electrons. The number of likely N-dealkylation sites (tertiary alicyclic amines) is 1. The van der Waals surface area contributed by atoms with E-state index in [1.807, 2.05) is 0 Å². The number of sulfonamides is 1. The molecule has 12 heteroatoms. The molecule has 0 bridgehead atoms. The van der Waals surface area contributed by atoms with E-state index in [2.05, 4.69) is 5.32 Å². The van der Waals surface area contributed by atoms with Crippen LogP contribution in [0.2, 0.25) is 5.02 Å². The lowest BCUT2D eigenvalue weighted by Crippen LogP contribution is -2.52. The number of amides is 3. The van der Waals surface area contributed by atoms with E-state index in [0.29, 0.717) is 17.0 Å². The fourth-order valence-electron chi connectivity index (χ4n) is 3.91. The van der Waals surface area contributed by atoms with Crippen LogP contribution in [0, 0.1) is 0 Å². The molecule has 0 saturated carbocycles. The van der Waals surface area contributed by atoms with Crippen molar-refractivity contribution in [3.63, 3.8) is 0 Å². The monoisotopic (exact) mass is 510 g/mol. The van der Waals surface area contributed by atoms with E-state index >= 15 is 0 Å². The van der Waals surface area contributed by atoms with Crippen LogP contribution in [0.1, 0.15) is 13.3 Å². The molecule has 1 fully saturated rings. The molecule has 3 rings (SSSR count). The number of ether oxygens (including phenoxy) is 1. The fraction of sp³-hybridized carbons (Fsp3) is 0.409. The second-order valence-electron chi connectivity index (χ2n) is 7.97. The Balaban J connectivity index is 1.88. The zero-order valence-electron chi connectivity index (χ0n) is 18.9. The lowest BCUT2D eigenvalue weighted by Gasteiger charge is -2.28. The first-order valence-electron chi connectivity index (χ1n) is 10.6. The Morgan fingerprint density at radius 2 is 1.94 bits per heavy atom. The predicted molar refractivity (Wildman–Crippen MR) is 127 cm³/mol. The Hall–Kier alpha value is -2.73. The molecule has 2 atom stereocenters. The average Bonchev–Trinajstić information content (AvgIpc) is 3.17. The highest BCUT2D eigenvalue weighted by Gasteiger charge is 2.44. The number of nitrogens with one attached hydrogen (secondary N) is 1. The van der Waals surface area contributed by atoms with Gasteiger partial charge in [-0.15, -0.1) is 0 Å². The molecule has 184 valence electrons. The average molecular weight is 511 g/mol. The summed E-state index contributed by atoms with van der Waals surface area (Å²) in [5, 5.41) is 4.54. The van der Waals surface area contributed by atoms with Gasteiger partial charge in [-0.2, -0.15) is 4.31 Å². The number of hydrogen-bond acceptors (Lipinski definition) is 6. The van der Waals surface area contributed by atoms with E-state index in [1.54, 1.807) is 31.2 Å². The van der Waals surface area contributed by atoms with Crippen LogP contribution in [-0.4, -0.2) is 80.8 Å². The highest BCUT2D eigenvalue weighted by molar-refractivity contribution is 7.89. The number of hydrogen-bond donors (Lipinski definition) is 2. The van der Waals surface area contributed by atoms with Gasteiger partial charge in [-0.05, 0) is 48.4 Å². The van der Waals surface area contributed by atoms with Crippen molar-refractivity contribution >= 4 is 50.1 Å². The Kier molecular flexibility index (Phi) is 8.13. The second kappa shape index (κ2) is 10.7. The van der Waals surface area contributed by atoms with Crippen molar-refractivity contribution in [1.29, 1.82) is 0 Å². The molecule has 2 aromatic rings. The number of rotatable bonds is 10. The van der Waals surface area contributed by atoms with E-state index in [-0.39, 0.29) is 30.3 Å². The summed E-state index contributed by atoms with van der Waals surface area (Å²) in [7, 11) is -2.76. The lowest BCUT2D eigenvalue weighted by molar-refractivity contribution is -0.139. The molecule has 3 amide bonds. The number of benzene rings is 2. The van der Waals surface area contributed by atoms with E-state index in [0.717, 1.165) is 9.69 Å². The van der Waals surface area contributed by atoms with Crippen LogP contribution in [0.15, 0.2) is 41.3 Å². The van der Waals surface area contributed by atoms with Gasteiger partial charge in [0.1, 0.15) is 12.1 Å². The summed E-state index contributed by atoms with van der Waals surface area (Å²) in [6.07, 6.45) is 0.115. The zero-order valence-corrected chi connectivity index (χ0v) is 20.4. The Morgan fingerprint density at radius 3 is 2.62 bits per heavy atom. The van der Waals surface area contributed by atoms with Gasteiger partial charge in [-0.3, -0.25) is 14.4 Å². The van der Waals surface area contributed by atoms with Crippen molar-refractivity contribution < 1.29 is 27.5 Å². The summed E-state index contributed by atoms with van der Waals surface area (Å²) < 4.78 is 32.8. The third kappa shape index (κ3) is 5.49. The Bertz CT molecular complexity index is 1210. The fourth-order valence-corrected chi connectivity index (χ4v) is 5.71. The van der Waals surface area contributed by atoms with E-state index in [4.69, 9.17) is 22.1 Å². The molecule has 34 heavy (non-hydrogen) atoms. The highest BCUT2D eigenvalue weighted by Crippen LogP contribution is 2.28. The van der Waals surface area contributed by atoms with Crippen molar-refractivity contribution in [2.45, 2.75) is 30.3 Å². The minimum absolute atomic E-state index is 0.0832. The molecule has 0 unspecified atom stereocenters. The normalized spacial score (nSPS) is 17.4. The van der Waals surface area contributed by atoms with Gasteiger partial charge in [-0.25, -0.2) is 8.42 Å². The van der Waals surface area contributed by atoms with Crippen LogP contribution in [0.5, 0.6) is 0 Å². The highest BCUT2D eigenvalue weighted by atomic mass is 35.5. The first kappa shape index (κ1) is 25.9. The number of nitrogens with two attached hydrogens (primary N) is 1. The SMILES string of the molecule is COCCNC(=O)[C@H](C)N1CC[C@H](N(CC(N)=O)S(=O)(=O)c2ccc3cc(Cl)ccc3c2)C1=O. The molecule has 2 aromatic carbocycles. The van der Waals surface area contributed by atoms with Gasteiger partial charge in [0.15, 0.2) is 0 Å². The number of carbonyl (C=O) groups excluding carboxylic acids is 3. The van der Waals surface area contributed by atoms with Gasteiger partial charge in [0.25, 0.3) is 0 Å². The summed E-state index contributed by atoms with van der Waals surface area (Å²) >= 11 is 6.00. The van der Waals surface area contributed by atoms with Crippen molar-refractivity contribution in [3.8, 4) is 0 Å². The topological polar surface area (TPSA) is 139 Å². The number of carbonyl (C=O) groups is 3. The third-order valence-corrected chi connectivity index (χ3v) is 7.79. The molecule has 0 aliphatic carbocycles. The number of methoxy groups -OCH3 is 1. The summed E-state index contributed by atoms with van der Waals surface area (Å²) in [6, 6.07) is 7.49. The first-order chi connectivity index (χ1) is 16.1. The maximum absolute atomic E-state index is 13.5. The molecule has 0 spiro atoms. The van der Waals surface area contributed by atoms with E-state index in [9.17, 15) is 22.8 Å². The van der Waals surface area contributed by atoms with Crippen LogP contribution in [-0.2, 0) is 29.1 Å². The summed E-state index contributed by atoms with van der Waals surface area (Å²) in [6.45, 7) is 1.64. The predicted octanol–water partition coefficient (Wildman–Crippen LogP) is 0.721. The smallest absolute Gasteiger partial charge is 0.244 e. The van der Waals surface area contributed by atoms with Gasteiger partial charge in [0.05, 0.1) is 18.0 Å². The molecule has 0 aromatic heterocycles. The van der Waals surface area contributed by atoms with E-state index in [1.165, 1.54) is 24.1 Å². The van der Waals surface area contributed by atoms with Gasteiger partial charge in [0.2, 0.25) is 27.7 Å². The first-order valence-corrected chi connectivity index (χ1v) is 12.4. The van der Waals surface area contributed by atoms with Crippen LogP contribution in [0.4, 0.5) is 0 Å². The number of primary amides is 1. The van der Waals surface area contributed by atoms with Crippen molar-refractivity contribution in [2.24, 2.45) is 5.73 Å². The molecule has 1 aliphatic rings. The number of nitrogens with zero attached hydrogens (tertiary/aromatic N) is 2. The van der Waals surface area contributed by atoms with Crippen molar-refractivity contribution in [1.82, 2.24) is 14.5 Å². The van der Waals surface area contributed by atoms with E-state index < -0.39 is 40.5 Å². The van der Waals surface area contributed by atoms with Gasteiger partial charge < -0.3 is 20.7 Å². The van der Waals surface area contributed by atoms with Gasteiger partial charge in [0, 0.05) is 25.2 Å². The lowest BCUT2D eigenvalue weighted by atomic mass is 10.1. The largest absolute Gasteiger partial charge is 0.383 e. The van der Waals surface area contributed by atoms with Crippen LogP contribution in [0.3, 0.4) is 0 Å². The summed E-state index contributed by atoms with van der Waals surface area (Å²) in [5.41, 5.74) is 5.34. The summed E-state index contributed by atoms with van der Waals surface area (Å²) in [4.78, 5) is 38.6. The van der Waals surface area contributed by atoms with Gasteiger partial charge >= 0.3 is 0 Å². The maximum Gasteiger partial charge on any atom is 0.244 e. The molecular formula is C22H27ClN4O6S. The molecule has 3 N–H and O–H groups in total.